The number of hydrogen-bond acceptors (Lipinski definition) is 7. The van der Waals surface area contributed by atoms with Crippen LogP contribution in [0.25, 0.3) is 22.0 Å². The molecule has 0 atom stereocenters. The first-order valence-electron chi connectivity index (χ1n) is 9.28. The number of benzene rings is 2. The van der Waals surface area contributed by atoms with Crippen LogP contribution in [0.5, 0.6) is 0 Å². The number of nitrogen functional groups attached to an aromatic ring is 1. The van der Waals surface area contributed by atoms with Gasteiger partial charge < -0.3 is 10.5 Å². The van der Waals surface area contributed by atoms with E-state index in [0.29, 0.717) is 47.6 Å². The molecule has 2 N–H and O–H groups in total. The quantitative estimate of drug-likeness (QED) is 0.407. The van der Waals surface area contributed by atoms with Gasteiger partial charge in [0.2, 0.25) is 0 Å². The number of nitrogens with two attached hydrogens (primary N) is 1. The van der Waals surface area contributed by atoms with Gasteiger partial charge in [-0.1, -0.05) is 12.1 Å². The number of morpholine rings is 1. The first kappa shape index (κ1) is 19.0. The number of fused-ring (bicyclic) bond motifs is 1. The summed E-state index contributed by atoms with van der Waals surface area (Å²) >= 11 is 0. The SMILES string of the molecule is Cn1c(CN2CCOCC2)nc2ccc(-c3ccc(N)c([N+](=O)[O-])c3)cc2c1=O. The van der Waals surface area contributed by atoms with Crippen molar-refractivity contribution in [1.29, 1.82) is 0 Å². The molecule has 1 fully saturated rings. The van der Waals surface area contributed by atoms with E-state index in [1.807, 2.05) is 6.07 Å². The van der Waals surface area contributed by atoms with Crippen LogP contribution in [-0.4, -0.2) is 45.7 Å². The van der Waals surface area contributed by atoms with Crippen molar-refractivity contribution in [3.05, 3.63) is 62.7 Å². The van der Waals surface area contributed by atoms with Crippen molar-refractivity contribution < 1.29 is 9.66 Å². The monoisotopic (exact) mass is 395 g/mol. The Hall–Kier alpha value is -3.30. The second-order valence-electron chi connectivity index (χ2n) is 7.04. The molecular weight excluding hydrogens is 374 g/mol. The first-order chi connectivity index (χ1) is 13.9. The highest BCUT2D eigenvalue weighted by Crippen LogP contribution is 2.29. The van der Waals surface area contributed by atoms with Crippen molar-refractivity contribution in [2.45, 2.75) is 6.54 Å². The zero-order valence-electron chi connectivity index (χ0n) is 16.0. The minimum atomic E-state index is -0.515. The molecule has 0 spiro atoms. The lowest BCUT2D eigenvalue weighted by atomic mass is 10.0. The Labute approximate surface area is 166 Å². The third kappa shape index (κ3) is 3.69. The summed E-state index contributed by atoms with van der Waals surface area (Å²) in [6.07, 6.45) is 0. The smallest absolute Gasteiger partial charge is 0.292 e. The van der Waals surface area contributed by atoms with E-state index < -0.39 is 4.92 Å². The number of rotatable bonds is 4. The van der Waals surface area contributed by atoms with Gasteiger partial charge in [0.05, 0.1) is 35.6 Å². The van der Waals surface area contributed by atoms with Gasteiger partial charge in [-0.15, -0.1) is 0 Å². The van der Waals surface area contributed by atoms with Crippen LogP contribution in [0.1, 0.15) is 5.82 Å². The molecule has 2 heterocycles. The van der Waals surface area contributed by atoms with Crippen LogP contribution in [0, 0.1) is 10.1 Å². The van der Waals surface area contributed by atoms with Gasteiger partial charge in [-0.05, 0) is 29.3 Å². The number of hydrogen-bond donors (Lipinski definition) is 1. The van der Waals surface area contributed by atoms with Gasteiger partial charge >= 0.3 is 0 Å². The third-order valence-corrected chi connectivity index (χ3v) is 5.20. The Kier molecular flexibility index (Phi) is 4.99. The van der Waals surface area contributed by atoms with Crippen LogP contribution in [0.2, 0.25) is 0 Å². The van der Waals surface area contributed by atoms with E-state index >= 15 is 0 Å². The average molecular weight is 395 g/mol. The summed E-state index contributed by atoms with van der Waals surface area (Å²) in [7, 11) is 1.71. The summed E-state index contributed by atoms with van der Waals surface area (Å²) < 4.78 is 6.93. The number of ether oxygens (including phenoxy) is 1. The molecule has 3 aromatic rings. The molecule has 1 saturated heterocycles. The fourth-order valence-corrected chi connectivity index (χ4v) is 3.48. The third-order valence-electron chi connectivity index (χ3n) is 5.20. The average Bonchev–Trinajstić information content (AvgIpc) is 2.72. The van der Waals surface area contributed by atoms with Crippen LogP contribution < -0.4 is 11.3 Å². The summed E-state index contributed by atoms with van der Waals surface area (Å²) in [5.74, 6) is 0.695. The van der Waals surface area contributed by atoms with E-state index in [1.165, 1.54) is 12.1 Å². The summed E-state index contributed by atoms with van der Waals surface area (Å²) in [4.78, 5) is 30.5. The van der Waals surface area contributed by atoms with Crippen molar-refractivity contribution in [3.8, 4) is 11.1 Å². The predicted molar refractivity (Wildman–Crippen MR) is 110 cm³/mol. The Balaban J connectivity index is 1.74. The molecular formula is C20H21N5O4. The van der Waals surface area contributed by atoms with Crippen LogP contribution in [0.4, 0.5) is 11.4 Å². The Morgan fingerprint density at radius 2 is 1.86 bits per heavy atom. The zero-order valence-corrected chi connectivity index (χ0v) is 16.0. The molecule has 0 radical (unpaired) electrons. The maximum Gasteiger partial charge on any atom is 0.292 e. The molecule has 1 aliphatic rings. The molecule has 0 bridgehead atoms. The molecule has 9 nitrogen and oxygen atoms in total. The second kappa shape index (κ2) is 7.61. The summed E-state index contributed by atoms with van der Waals surface area (Å²) in [5.41, 5.74) is 7.39. The standard InChI is InChI=1S/C20H21N5O4/c1-23-19(12-24-6-8-29-9-7-24)22-17-5-3-13(10-15(17)20(23)26)14-2-4-16(21)18(11-14)25(27)28/h2-5,10-11H,6-9,12,21H2,1H3. The summed E-state index contributed by atoms with van der Waals surface area (Å²) in [6.45, 7) is 3.56. The minimum absolute atomic E-state index is 0.102. The second-order valence-corrected chi connectivity index (χ2v) is 7.04. The maximum absolute atomic E-state index is 13.0. The molecule has 1 aliphatic heterocycles. The molecule has 4 rings (SSSR count). The van der Waals surface area contributed by atoms with Crippen molar-refractivity contribution in [2.24, 2.45) is 7.05 Å². The number of nitrogens with zero attached hydrogens (tertiary/aromatic N) is 4. The van der Waals surface area contributed by atoms with Gasteiger partial charge in [-0.2, -0.15) is 0 Å². The molecule has 0 aliphatic carbocycles. The van der Waals surface area contributed by atoms with Gasteiger partial charge in [-0.3, -0.25) is 24.4 Å². The first-order valence-corrected chi connectivity index (χ1v) is 9.28. The number of aromatic nitrogens is 2. The molecule has 0 saturated carbocycles. The van der Waals surface area contributed by atoms with Crippen molar-refractivity contribution in [2.75, 3.05) is 32.0 Å². The van der Waals surface area contributed by atoms with Crippen molar-refractivity contribution in [3.63, 3.8) is 0 Å². The van der Waals surface area contributed by atoms with Gasteiger partial charge in [0.25, 0.3) is 11.2 Å². The van der Waals surface area contributed by atoms with Crippen molar-refractivity contribution in [1.82, 2.24) is 14.5 Å². The van der Waals surface area contributed by atoms with E-state index in [1.54, 1.807) is 29.8 Å². The molecule has 0 unspecified atom stereocenters. The van der Waals surface area contributed by atoms with E-state index in [4.69, 9.17) is 10.5 Å². The van der Waals surface area contributed by atoms with Crippen LogP contribution in [-0.2, 0) is 18.3 Å². The predicted octanol–water partition coefficient (Wildman–Crippen LogP) is 1.92. The van der Waals surface area contributed by atoms with Crippen molar-refractivity contribution >= 4 is 22.3 Å². The van der Waals surface area contributed by atoms with Crippen LogP contribution in [0.3, 0.4) is 0 Å². The Bertz CT molecular complexity index is 1150. The van der Waals surface area contributed by atoms with E-state index in [0.717, 1.165) is 13.1 Å². The van der Waals surface area contributed by atoms with Gasteiger partial charge in [-0.25, -0.2) is 4.98 Å². The van der Waals surface area contributed by atoms with E-state index in [2.05, 4.69) is 9.88 Å². The zero-order chi connectivity index (χ0) is 20.5. The fourth-order valence-electron chi connectivity index (χ4n) is 3.48. The summed E-state index contributed by atoms with van der Waals surface area (Å²) in [5, 5.41) is 11.6. The fraction of sp³-hybridized carbons (Fsp3) is 0.300. The lowest BCUT2D eigenvalue weighted by molar-refractivity contribution is -0.383. The normalized spacial score (nSPS) is 14.9. The number of nitro benzene ring substituents is 1. The number of nitro groups is 1. The Morgan fingerprint density at radius 3 is 2.59 bits per heavy atom. The van der Waals surface area contributed by atoms with Gasteiger partial charge in [0.15, 0.2) is 0 Å². The largest absolute Gasteiger partial charge is 0.393 e. The highest BCUT2D eigenvalue weighted by molar-refractivity contribution is 5.85. The van der Waals surface area contributed by atoms with Crippen LogP contribution in [0.15, 0.2) is 41.2 Å². The lowest BCUT2D eigenvalue weighted by Gasteiger charge is -2.26. The Morgan fingerprint density at radius 1 is 1.17 bits per heavy atom. The van der Waals surface area contributed by atoms with Gasteiger partial charge in [0, 0.05) is 26.2 Å². The lowest BCUT2D eigenvalue weighted by Crippen LogP contribution is -2.37. The van der Waals surface area contributed by atoms with E-state index in [9.17, 15) is 14.9 Å². The highest BCUT2D eigenvalue weighted by atomic mass is 16.6. The minimum Gasteiger partial charge on any atom is -0.393 e. The summed E-state index contributed by atoms with van der Waals surface area (Å²) in [6, 6.07) is 9.92. The van der Waals surface area contributed by atoms with Gasteiger partial charge in [0.1, 0.15) is 11.5 Å². The topological polar surface area (TPSA) is 117 Å². The molecule has 2 aromatic carbocycles. The van der Waals surface area contributed by atoms with E-state index in [-0.39, 0.29) is 16.9 Å². The van der Waals surface area contributed by atoms with Crippen LogP contribution >= 0.6 is 0 Å². The maximum atomic E-state index is 13.0. The molecule has 9 heteroatoms. The molecule has 1 aromatic heterocycles. The highest BCUT2D eigenvalue weighted by Gasteiger charge is 2.17. The molecule has 150 valence electrons. The molecule has 0 amide bonds. The number of anilines is 1. The molecule has 29 heavy (non-hydrogen) atoms.